The van der Waals surface area contributed by atoms with E-state index in [0.717, 1.165) is 22.4 Å². The molecule has 0 aromatic carbocycles. The predicted molar refractivity (Wildman–Crippen MR) is 75.1 cm³/mol. The minimum absolute atomic E-state index is 0.260. The van der Waals surface area contributed by atoms with E-state index in [-0.39, 0.29) is 5.84 Å². The second kappa shape index (κ2) is 5.56. The molecular formula is C12H17BrN4O. The molecule has 1 saturated carbocycles. The van der Waals surface area contributed by atoms with Crippen molar-refractivity contribution in [2.75, 3.05) is 11.4 Å². The highest BCUT2D eigenvalue weighted by molar-refractivity contribution is 9.10. The maximum Gasteiger partial charge on any atom is 0.140 e. The number of aryl methyl sites for hydroxylation is 1. The fourth-order valence-electron chi connectivity index (χ4n) is 1.97. The van der Waals surface area contributed by atoms with Gasteiger partial charge in [0.25, 0.3) is 0 Å². The lowest BCUT2D eigenvalue weighted by molar-refractivity contribution is 0.317. The number of oxime groups is 1. The Hall–Kier alpha value is -1.30. The quantitative estimate of drug-likeness (QED) is 0.378. The first-order valence-corrected chi connectivity index (χ1v) is 6.76. The minimum atomic E-state index is 0.260. The third kappa shape index (κ3) is 3.13. The number of anilines is 1. The molecule has 1 heterocycles. The van der Waals surface area contributed by atoms with Crippen LogP contribution in [0.4, 0.5) is 5.82 Å². The van der Waals surface area contributed by atoms with Crippen LogP contribution in [-0.4, -0.2) is 28.6 Å². The van der Waals surface area contributed by atoms with Gasteiger partial charge in [0, 0.05) is 29.7 Å². The van der Waals surface area contributed by atoms with Gasteiger partial charge >= 0.3 is 0 Å². The van der Waals surface area contributed by atoms with E-state index in [1.165, 1.54) is 12.8 Å². The van der Waals surface area contributed by atoms with Gasteiger partial charge in [-0.1, -0.05) is 5.16 Å². The fourth-order valence-corrected chi connectivity index (χ4v) is 2.41. The lowest BCUT2D eigenvalue weighted by Gasteiger charge is -2.25. The van der Waals surface area contributed by atoms with Crippen molar-refractivity contribution in [1.82, 2.24) is 4.98 Å². The average molecular weight is 313 g/mol. The molecule has 2 rings (SSSR count). The summed E-state index contributed by atoms with van der Waals surface area (Å²) in [7, 11) is 0. The van der Waals surface area contributed by atoms with Crippen molar-refractivity contribution in [2.45, 2.75) is 32.2 Å². The molecule has 0 atom stereocenters. The van der Waals surface area contributed by atoms with Crippen LogP contribution in [0.25, 0.3) is 0 Å². The first-order valence-electron chi connectivity index (χ1n) is 5.97. The van der Waals surface area contributed by atoms with E-state index in [2.05, 4.69) is 37.0 Å². The molecular weight excluding hydrogens is 296 g/mol. The molecule has 18 heavy (non-hydrogen) atoms. The van der Waals surface area contributed by atoms with Crippen molar-refractivity contribution in [3.05, 3.63) is 22.3 Å². The normalized spacial score (nSPS) is 15.8. The van der Waals surface area contributed by atoms with Crippen LogP contribution in [0.1, 0.15) is 24.8 Å². The Morgan fingerprint density at radius 1 is 1.67 bits per heavy atom. The molecule has 1 aromatic rings. The van der Waals surface area contributed by atoms with Crippen molar-refractivity contribution in [3.8, 4) is 0 Å². The van der Waals surface area contributed by atoms with Crippen LogP contribution in [0, 0.1) is 6.92 Å². The zero-order chi connectivity index (χ0) is 13.1. The minimum Gasteiger partial charge on any atom is -0.409 e. The first kappa shape index (κ1) is 13.1. The molecule has 1 aliphatic carbocycles. The fraction of sp³-hybridized carbons (Fsp3) is 0.500. The standard InChI is InChI=1S/C12H17BrN4O/c1-8-6-9(13)7-15-12(8)17(10-2-3-10)5-4-11(14)16-18/h6-7,10,18H,2-5H2,1H3,(H2,14,16). The van der Waals surface area contributed by atoms with Gasteiger partial charge in [-0.3, -0.25) is 0 Å². The van der Waals surface area contributed by atoms with Gasteiger partial charge in [-0.25, -0.2) is 4.98 Å². The van der Waals surface area contributed by atoms with Crippen molar-refractivity contribution >= 4 is 27.6 Å². The van der Waals surface area contributed by atoms with Gasteiger partial charge in [-0.2, -0.15) is 0 Å². The summed E-state index contributed by atoms with van der Waals surface area (Å²) >= 11 is 3.42. The zero-order valence-corrected chi connectivity index (χ0v) is 11.9. The summed E-state index contributed by atoms with van der Waals surface area (Å²) < 4.78 is 0.982. The maximum atomic E-state index is 8.59. The van der Waals surface area contributed by atoms with Crippen LogP contribution in [-0.2, 0) is 0 Å². The van der Waals surface area contributed by atoms with Gasteiger partial charge < -0.3 is 15.8 Å². The highest BCUT2D eigenvalue weighted by Gasteiger charge is 2.30. The summed E-state index contributed by atoms with van der Waals surface area (Å²) in [6.07, 6.45) is 4.73. The topological polar surface area (TPSA) is 74.7 Å². The van der Waals surface area contributed by atoms with Crippen LogP contribution in [0.15, 0.2) is 21.9 Å². The second-order valence-corrected chi connectivity index (χ2v) is 5.48. The summed E-state index contributed by atoms with van der Waals surface area (Å²) in [4.78, 5) is 6.73. The summed E-state index contributed by atoms with van der Waals surface area (Å²) in [5.41, 5.74) is 6.66. The third-order valence-corrected chi connectivity index (χ3v) is 3.45. The van der Waals surface area contributed by atoms with Gasteiger partial charge in [0.05, 0.1) is 0 Å². The number of rotatable bonds is 5. The smallest absolute Gasteiger partial charge is 0.140 e. The molecule has 1 fully saturated rings. The van der Waals surface area contributed by atoms with E-state index in [1.807, 2.05) is 6.92 Å². The van der Waals surface area contributed by atoms with E-state index in [9.17, 15) is 0 Å². The molecule has 0 saturated heterocycles. The Kier molecular flexibility index (Phi) is 4.06. The molecule has 0 bridgehead atoms. The van der Waals surface area contributed by atoms with E-state index >= 15 is 0 Å². The van der Waals surface area contributed by atoms with Crippen LogP contribution >= 0.6 is 15.9 Å². The summed E-state index contributed by atoms with van der Waals surface area (Å²) in [6.45, 7) is 2.78. The largest absolute Gasteiger partial charge is 0.409 e. The van der Waals surface area contributed by atoms with Crippen molar-refractivity contribution < 1.29 is 5.21 Å². The van der Waals surface area contributed by atoms with Crippen molar-refractivity contribution in [3.63, 3.8) is 0 Å². The molecule has 1 aromatic heterocycles. The number of hydrogen-bond acceptors (Lipinski definition) is 4. The number of halogens is 1. The molecule has 98 valence electrons. The van der Waals surface area contributed by atoms with Gasteiger partial charge in [0.15, 0.2) is 0 Å². The highest BCUT2D eigenvalue weighted by Crippen LogP contribution is 2.32. The summed E-state index contributed by atoms with van der Waals surface area (Å²) in [5, 5.41) is 11.6. The molecule has 0 amide bonds. The second-order valence-electron chi connectivity index (χ2n) is 4.56. The van der Waals surface area contributed by atoms with Crippen molar-refractivity contribution in [2.24, 2.45) is 10.9 Å². The number of nitrogens with zero attached hydrogens (tertiary/aromatic N) is 3. The zero-order valence-electron chi connectivity index (χ0n) is 10.3. The average Bonchev–Trinajstić information content (AvgIpc) is 3.15. The molecule has 1 aliphatic rings. The summed E-state index contributed by atoms with van der Waals surface area (Å²) in [6, 6.07) is 2.60. The molecule has 0 aliphatic heterocycles. The SMILES string of the molecule is Cc1cc(Br)cnc1N(CCC(N)=NO)C1CC1. The number of aromatic nitrogens is 1. The number of nitrogens with two attached hydrogens (primary N) is 1. The first-order chi connectivity index (χ1) is 8.61. The van der Waals surface area contributed by atoms with E-state index in [1.54, 1.807) is 6.20 Å². The molecule has 0 spiro atoms. The van der Waals surface area contributed by atoms with Crippen LogP contribution in [0.3, 0.4) is 0 Å². The molecule has 5 nitrogen and oxygen atoms in total. The Labute approximate surface area is 115 Å². The Balaban J connectivity index is 2.14. The van der Waals surface area contributed by atoms with E-state index in [4.69, 9.17) is 10.9 Å². The molecule has 0 unspecified atom stereocenters. The number of amidine groups is 1. The van der Waals surface area contributed by atoms with Gasteiger partial charge in [-0.05, 0) is 47.3 Å². The Morgan fingerprint density at radius 3 is 2.94 bits per heavy atom. The highest BCUT2D eigenvalue weighted by atomic mass is 79.9. The lowest BCUT2D eigenvalue weighted by Crippen LogP contribution is -2.31. The van der Waals surface area contributed by atoms with Gasteiger partial charge in [0.2, 0.25) is 0 Å². The van der Waals surface area contributed by atoms with Crippen LogP contribution in [0.5, 0.6) is 0 Å². The van der Waals surface area contributed by atoms with Crippen LogP contribution in [0.2, 0.25) is 0 Å². The maximum absolute atomic E-state index is 8.59. The number of pyridine rings is 1. The monoisotopic (exact) mass is 312 g/mol. The molecule has 0 radical (unpaired) electrons. The van der Waals surface area contributed by atoms with Gasteiger partial charge in [-0.15, -0.1) is 0 Å². The predicted octanol–water partition coefficient (Wildman–Crippen LogP) is 2.26. The lowest BCUT2D eigenvalue weighted by atomic mass is 10.2. The Morgan fingerprint density at radius 2 is 2.39 bits per heavy atom. The van der Waals surface area contributed by atoms with Gasteiger partial charge in [0.1, 0.15) is 11.7 Å². The molecule has 6 heteroatoms. The Bertz CT molecular complexity index is 459. The van der Waals surface area contributed by atoms with Crippen LogP contribution < -0.4 is 10.6 Å². The summed E-state index contributed by atoms with van der Waals surface area (Å²) in [5.74, 6) is 1.25. The van der Waals surface area contributed by atoms with Crippen molar-refractivity contribution in [1.29, 1.82) is 0 Å². The number of hydrogen-bond donors (Lipinski definition) is 2. The van der Waals surface area contributed by atoms with E-state index in [0.29, 0.717) is 12.5 Å². The van der Waals surface area contributed by atoms with E-state index < -0.39 is 0 Å². The third-order valence-electron chi connectivity index (χ3n) is 3.01. The molecule has 3 N–H and O–H groups in total.